The number of carbonyl (C=O) groups is 1. The minimum absolute atomic E-state index is 0.186. The SMILES string of the molecule is CC(C)[C@H]1CC[C@@H](C)C[C@@H]1OC(=O)Cn1c(=O)c2ccc(C(F)(F)F)nc2n(C)c1=O. The Kier molecular flexibility index (Phi) is 6.29. The van der Waals surface area contributed by atoms with E-state index in [1.165, 1.54) is 7.05 Å². The minimum Gasteiger partial charge on any atom is -0.461 e. The summed E-state index contributed by atoms with van der Waals surface area (Å²) in [5.74, 6) is 0.192. The number of aryl methyl sites for hydroxylation is 1. The molecule has 3 atom stereocenters. The highest BCUT2D eigenvalue weighted by Crippen LogP contribution is 2.35. The number of esters is 1. The predicted molar refractivity (Wildman–Crippen MR) is 107 cm³/mol. The van der Waals surface area contributed by atoms with Gasteiger partial charge in [0, 0.05) is 7.05 Å². The summed E-state index contributed by atoms with van der Waals surface area (Å²) in [6.45, 7) is 5.60. The number of pyridine rings is 1. The van der Waals surface area contributed by atoms with Gasteiger partial charge >= 0.3 is 17.8 Å². The average Bonchev–Trinajstić information content (AvgIpc) is 2.68. The second kappa shape index (κ2) is 8.47. The molecule has 0 aliphatic heterocycles. The largest absolute Gasteiger partial charge is 0.461 e. The lowest BCUT2D eigenvalue weighted by molar-refractivity contribution is -0.156. The zero-order valence-corrected chi connectivity index (χ0v) is 17.9. The van der Waals surface area contributed by atoms with Gasteiger partial charge < -0.3 is 4.74 Å². The summed E-state index contributed by atoms with van der Waals surface area (Å²) < 4.78 is 46.0. The number of carbonyl (C=O) groups excluding carboxylic acids is 1. The smallest absolute Gasteiger partial charge is 0.433 e. The molecule has 0 saturated heterocycles. The Morgan fingerprint density at radius 3 is 2.55 bits per heavy atom. The number of fused-ring (bicyclic) bond motifs is 1. The number of aromatic nitrogens is 3. The predicted octanol–water partition coefficient (Wildman–Crippen LogP) is 3.12. The van der Waals surface area contributed by atoms with Crippen LogP contribution in [0.5, 0.6) is 0 Å². The molecule has 0 N–H and O–H groups in total. The van der Waals surface area contributed by atoms with Crippen molar-refractivity contribution in [1.29, 1.82) is 0 Å². The van der Waals surface area contributed by atoms with Crippen molar-refractivity contribution in [3.63, 3.8) is 0 Å². The number of rotatable bonds is 4. The van der Waals surface area contributed by atoms with E-state index in [9.17, 15) is 27.6 Å². The Balaban J connectivity index is 1.92. The second-order valence-corrected chi connectivity index (χ2v) is 8.65. The number of hydrogen-bond acceptors (Lipinski definition) is 5. The molecule has 7 nitrogen and oxygen atoms in total. The number of hydrogen-bond donors (Lipinski definition) is 0. The third kappa shape index (κ3) is 4.67. The Morgan fingerprint density at radius 2 is 1.94 bits per heavy atom. The van der Waals surface area contributed by atoms with Crippen molar-refractivity contribution in [2.45, 2.75) is 58.9 Å². The van der Waals surface area contributed by atoms with E-state index < -0.39 is 41.3 Å². The molecular weight excluding hydrogens is 415 g/mol. The van der Waals surface area contributed by atoms with Crippen LogP contribution in [0.15, 0.2) is 21.7 Å². The molecule has 0 bridgehead atoms. The number of halogens is 3. The van der Waals surface area contributed by atoms with Gasteiger partial charge in [0.25, 0.3) is 5.56 Å². The molecule has 0 radical (unpaired) electrons. The monoisotopic (exact) mass is 441 g/mol. The van der Waals surface area contributed by atoms with Crippen LogP contribution in [0.2, 0.25) is 0 Å². The quantitative estimate of drug-likeness (QED) is 0.681. The van der Waals surface area contributed by atoms with E-state index >= 15 is 0 Å². The van der Waals surface area contributed by atoms with Gasteiger partial charge in [-0.1, -0.05) is 27.2 Å². The molecule has 1 aliphatic rings. The van der Waals surface area contributed by atoms with E-state index in [0.29, 0.717) is 28.9 Å². The van der Waals surface area contributed by atoms with Gasteiger partial charge in [-0.25, -0.2) is 14.3 Å². The number of alkyl halides is 3. The summed E-state index contributed by atoms with van der Waals surface area (Å²) in [6, 6.07) is 1.64. The van der Waals surface area contributed by atoms with Crippen molar-refractivity contribution >= 4 is 17.0 Å². The van der Waals surface area contributed by atoms with E-state index in [4.69, 9.17) is 4.74 Å². The topological polar surface area (TPSA) is 83.2 Å². The fourth-order valence-electron chi connectivity index (χ4n) is 4.26. The summed E-state index contributed by atoms with van der Waals surface area (Å²) >= 11 is 0. The van der Waals surface area contributed by atoms with Crippen LogP contribution >= 0.6 is 0 Å². The first kappa shape index (κ1) is 23.0. The maximum absolute atomic E-state index is 12.9. The second-order valence-electron chi connectivity index (χ2n) is 8.65. The summed E-state index contributed by atoms with van der Waals surface area (Å²) in [6.07, 6.45) is -2.32. The van der Waals surface area contributed by atoms with E-state index in [0.717, 1.165) is 23.5 Å². The lowest BCUT2D eigenvalue weighted by Gasteiger charge is -2.36. The van der Waals surface area contributed by atoms with Crippen molar-refractivity contribution < 1.29 is 22.7 Å². The highest BCUT2D eigenvalue weighted by Gasteiger charge is 2.34. The maximum Gasteiger partial charge on any atom is 0.433 e. The molecule has 2 heterocycles. The van der Waals surface area contributed by atoms with Gasteiger partial charge in [0.15, 0.2) is 0 Å². The van der Waals surface area contributed by atoms with Crippen LogP contribution in [0.4, 0.5) is 13.2 Å². The van der Waals surface area contributed by atoms with Crippen LogP contribution in [0.1, 0.15) is 45.7 Å². The summed E-state index contributed by atoms with van der Waals surface area (Å²) in [4.78, 5) is 41.4. The zero-order chi connectivity index (χ0) is 23.1. The highest BCUT2D eigenvalue weighted by atomic mass is 19.4. The molecule has 1 aliphatic carbocycles. The molecular formula is C21H26F3N3O4. The molecule has 0 aromatic carbocycles. The molecule has 10 heteroatoms. The summed E-state index contributed by atoms with van der Waals surface area (Å²) in [7, 11) is 1.21. The molecule has 0 unspecified atom stereocenters. The van der Waals surface area contributed by atoms with Gasteiger partial charge in [-0.2, -0.15) is 13.2 Å². The van der Waals surface area contributed by atoms with Crippen LogP contribution in [0.25, 0.3) is 11.0 Å². The fraction of sp³-hybridized carbons (Fsp3) is 0.619. The van der Waals surface area contributed by atoms with Gasteiger partial charge in [-0.05, 0) is 42.7 Å². The van der Waals surface area contributed by atoms with Crippen molar-refractivity contribution in [3.05, 3.63) is 38.7 Å². The van der Waals surface area contributed by atoms with E-state index in [2.05, 4.69) is 25.8 Å². The lowest BCUT2D eigenvalue weighted by Crippen LogP contribution is -2.43. The third-order valence-electron chi connectivity index (χ3n) is 6.01. The van der Waals surface area contributed by atoms with Gasteiger partial charge in [0.1, 0.15) is 24.0 Å². The summed E-state index contributed by atoms with van der Waals surface area (Å²) in [5, 5.41) is -0.186. The van der Waals surface area contributed by atoms with Crippen LogP contribution in [-0.4, -0.2) is 26.2 Å². The standard InChI is InChI=1S/C21H26F3N3O4/c1-11(2)13-6-5-12(3)9-15(13)31-17(28)10-27-19(29)14-7-8-16(21(22,23)24)25-18(14)26(4)20(27)30/h7-8,11-13,15H,5-6,9-10H2,1-4H3/t12-,13-,15+/m1/s1. The first-order valence-electron chi connectivity index (χ1n) is 10.3. The maximum atomic E-state index is 12.9. The molecule has 2 aromatic rings. The van der Waals surface area contributed by atoms with Gasteiger partial charge in [0.05, 0.1) is 5.39 Å². The molecule has 1 fully saturated rings. The summed E-state index contributed by atoms with van der Waals surface area (Å²) in [5.41, 5.74) is -3.42. The Morgan fingerprint density at radius 1 is 1.26 bits per heavy atom. The molecule has 170 valence electrons. The Hall–Kier alpha value is -2.65. The van der Waals surface area contributed by atoms with E-state index in [-0.39, 0.29) is 17.4 Å². The van der Waals surface area contributed by atoms with E-state index in [1.54, 1.807) is 0 Å². The highest BCUT2D eigenvalue weighted by molar-refractivity contribution is 5.75. The molecule has 0 spiro atoms. The van der Waals surface area contributed by atoms with Gasteiger partial charge in [-0.3, -0.25) is 14.2 Å². The zero-order valence-electron chi connectivity index (χ0n) is 17.9. The van der Waals surface area contributed by atoms with Crippen molar-refractivity contribution in [3.8, 4) is 0 Å². The van der Waals surface area contributed by atoms with E-state index in [1.807, 2.05) is 0 Å². The molecule has 1 saturated carbocycles. The number of nitrogens with zero attached hydrogens (tertiary/aromatic N) is 3. The van der Waals surface area contributed by atoms with Crippen LogP contribution in [0.3, 0.4) is 0 Å². The first-order chi connectivity index (χ1) is 14.4. The Labute approximate surface area is 176 Å². The fourth-order valence-corrected chi connectivity index (χ4v) is 4.26. The molecule has 0 amide bonds. The normalized spacial score (nSPS) is 22.1. The van der Waals surface area contributed by atoms with Crippen molar-refractivity contribution in [2.24, 2.45) is 24.8 Å². The number of ether oxygens (including phenoxy) is 1. The first-order valence-corrected chi connectivity index (χ1v) is 10.3. The van der Waals surface area contributed by atoms with Gasteiger partial charge in [-0.15, -0.1) is 0 Å². The average molecular weight is 441 g/mol. The lowest BCUT2D eigenvalue weighted by atomic mass is 9.75. The molecule has 3 rings (SSSR count). The van der Waals surface area contributed by atoms with Crippen molar-refractivity contribution in [2.75, 3.05) is 0 Å². The van der Waals surface area contributed by atoms with Crippen molar-refractivity contribution in [1.82, 2.24) is 14.1 Å². The van der Waals surface area contributed by atoms with Crippen LogP contribution < -0.4 is 11.2 Å². The Bertz CT molecular complexity index is 1100. The van der Waals surface area contributed by atoms with Gasteiger partial charge in [0.2, 0.25) is 0 Å². The molecule has 31 heavy (non-hydrogen) atoms. The van der Waals surface area contributed by atoms with Crippen LogP contribution in [-0.2, 0) is 29.3 Å². The molecule has 2 aromatic heterocycles. The van der Waals surface area contributed by atoms with Crippen LogP contribution in [0, 0.1) is 17.8 Å². The third-order valence-corrected chi connectivity index (χ3v) is 6.01. The minimum atomic E-state index is -4.72.